The van der Waals surface area contributed by atoms with Crippen molar-refractivity contribution in [1.82, 2.24) is 35.5 Å². The number of nitrogens with one attached hydrogen (secondary N) is 4. The maximum Gasteiger partial charge on any atom is 0.411 e. The van der Waals surface area contributed by atoms with E-state index in [2.05, 4.69) is 46.2 Å². The third kappa shape index (κ3) is 6.63. The van der Waals surface area contributed by atoms with Crippen LogP contribution in [0.2, 0.25) is 5.02 Å². The van der Waals surface area contributed by atoms with Crippen LogP contribution in [0.15, 0.2) is 55.0 Å². The number of anilines is 2. The first-order chi connectivity index (χ1) is 20.3. The molecule has 2 bridgehead atoms. The van der Waals surface area contributed by atoms with Gasteiger partial charge in [0.05, 0.1) is 36.4 Å². The van der Waals surface area contributed by atoms with Gasteiger partial charge in [-0.25, -0.2) is 9.78 Å². The van der Waals surface area contributed by atoms with E-state index in [1.54, 1.807) is 48.7 Å². The molecule has 2 aromatic heterocycles. The monoisotopic (exact) mass is 589 g/mol. The van der Waals surface area contributed by atoms with E-state index in [9.17, 15) is 14.4 Å². The van der Waals surface area contributed by atoms with Crippen molar-refractivity contribution in [3.8, 4) is 16.9 Å². The van der Waals surface area contributed by atoms with E-state index in [1.807, 2.05) is 6.92 Å². The van der Waals surface area contributed by atoms with E-state index in [-0.39, 0.29) is 17.7 Å². The summed E-state index contributed by atoms with van der Waals surface area (Å²) in [6.07, 6.45) is 7.35. The minimum atomic E-state index is -0.624. The second-order valence-corrected chi connectivity index (χ2v) is 10.2. The zero-order chi connectivity index (χ0) is 29.6. The van der Waals surface area contributed by atoms with Crippen LogP contribution in [-0.4, -0.2) is 55.2 Å². The number of fused-ring (bicyclic) bond motifs is 4. The smallest absolute Gasteiger partial charge is 0.411 e. The van der Waals surface area contributed by atoms with Gasteiger partial charge in [-0.3, -0.25) is 14.9 Å². The number of halogens is 1. The molecule has 4 aromatic rings. The standard InChI is InChI=1S/C28H28ClN9O4/c1-16-4-3-5-21(33-25(39)11-6-17-12-18(29)7-10-24(17)38-15-31-36-37-38)26-30-14-23(34-26)20-9-8-19(32-28(41)42-2)13-22(20)35-27(16)40/h6-16,21H,3-5H2,1-2H3,(H,30,34)(H,32,41)(H,33,39)(H,35,40). The summed E-state index contributed by atoms with van der Waals surface area (Å²) in [4.78, 5) is 45.7. The highest BCUT2D eigenvalue weighted by atomic mass is 35.5. The molecule has 0 aliphatic carbocycles. The Morgan fingerprint density at radius 3 is 2.83 bits per heavy atom. The first-order valence-corrected chi connectivity index (χ1v) is 13.5. The van der Waals surface area contributed by atoms with Gasteiger partial charge in [-0.05, 0) is 65.7 Å². The number of carbonyl (C=O) groups is 3. The number of rotatable bonds is 5. The molecule has 3 heterocycles. The van der Waals surface area contributed by atoms with Gasteiger partial charge in [0.25, 0.3) is 0 Å². The molecule has 3 amide bonds. The highest BCUT2D eigenvalue weighted by molar-refractivity contribution is 6.30. The molecule has 0 saturated heterocycles. The van der Waals surface area contributed by atoms with Crippen molar-refractivity contribution in [3.63, 3.8) is 0 Å². The summed E-state index contributed by atoms with van der Waals surface area (Å²) >= 11 is 6.20. The van der Waals surface area contributed by atoms with Crippen molar-refractivity contribution in [1.29, 1.82) is 0 Å². The van der Waals surface area contributed by atoms with Gasteiger partial charge in [0.15, 0.2) is 0 Å². The summed E-state index contributed by atoms with van der Waals surface area (Å²) < 4.78 is 6.16. The number of hydrogen-bond acceptors (Lipinski definition) is 8. The normalized spacial score (nSPS) is 17.0. The van der Waals surface area contributed by atoms with Crippen LogP contribution in [0.4, 0.5) is 16.2 Å². The van der Waals surface area contributed by atoms with Crippen molar-refractivity contribution >= 4 is 47.0 Å². The van der Waals surface area contributed by atoms with Crippen LogP contribution in [-0.2, 0) is 14.3 Å². The summed E-state index contributed by atoms with van der Waals surface area (Å²) in [5.41, 5.74) is 3.58. The van der Waals surface area contributed by atoms with Crippen LogP contribution < -0.4 is 16.0 Å². The number of carbonyl (C=O) groups excluding carboxylic acids is 3. The fourth-order valence-electron chi connectivity index (χ4n) is 4.60. The van der Waals surface area contributed by atoms with Gasteiger partial charge in [0.1, 0.15) is 12.2 Å². The molecule has 0 fully saturated rings. The Hall–Kier alpha value is -5.04. The number of aromatic amines is 1. The lowest BCUT2D eigenvalue weighted by Crippen LogP contribution is -2.28. The van der Waals surface area contributed by atoms with Gasteiger partial charge in [-0.1, -0.05) is 24.9 Å². The Kier molecular flexibility index (Phi) is 8.58. The van der Waals surface area contributed by atoms with Gasteiger partial charge < -0.3 is 20.4 Å². The Labute approximate surface area is 245 Å². The van der Waals surface area contributed by atoms with E-state index in [1.165, 1.54) is 24.2 Å². The quantitative estimate of drug-likeness (QED) is 0.246. The van der Waals surface area contributed by atoms with Gasteiger partial charge >= 0.3 is 6.09 Å². The summed E-state index contributed by atoms with van der Waals surface area (Å²) in [6.45, 7) is 1.85. The van der Waals surface area contributed by atoms with Crippen molar-refractivity contribution in [2.45, 2.75) is 32.2 Å². The largest absolute Gasteiger partial charge is 0.453 e. The zero-order valence-corrected chi connectivity index (χ0v) is 23.6. The lowest BCUT2D eigenvalue weighted by atomic mass is 9.99. The molecule has 0 saturated carbocycles. The van der Waals surface area contributed by atoms with E-state index in [0.717, 1.165) is 0 Å². The molecule has 1 aliphatic heterocycles. The Morgan fingerprint density at radius 2 is 2.05 bits per heavy atom. The number of ether oxygens (including phenoxy) is 1. The number of hydrogen-bond donors (Lipinski definition) is 4. The topological polar surface area (TPSA) is 169 Å². The lowest BCUT2D eigenvalue weighted by Gasteiger charge is -2.19. The SMILES string of the molecule is COC(=O)Nc1ccc2c(c1)NC(=O)C(C)CCCC(NC(=O)C=Cc1cc(Cl)ccc1-n1cnnn1)c1ncc-2[nH]1. The highest BCUT2D eigenvalue weighted by Crippen LogP contribution is 2.32. The molecule has 42 heavy (non-hydrogen) atoms. The molecule has 2 atom stereocenters. The minimum absolute atomic E-state index is 0.157. The Bertz CT molecular complexity index is 1630. The zero-order valence-electron chi connectivity index (χ0n) is 22.8. The number of H-pyrrole nitrogens is 1. The molecule has 13 nitrogen and oxygen atoms in total. The third-order valence-corrected chi connectivity index (χ3v) is 7.05. The second-order valence-electron chi connectivity index (χ2n) is 9.73. The number of aromatic nitrogens is 6. The first-order valence-electron chi connectivity index (χ1n) is 13.2. The molecule has 1 aliphatic rings. The van der Waals surface area contributed by atoms with Gasteiger partial charge in [0, 0.05) is 33.8 Å². The fraction of sp³-hybridized carbons (Fsp3) is 0.250. The average molecular weight is 590 g/mol. The van der Waals surface area contributed by atoms with Crippen molar-refractivity contribution in [2.24, 2.45) is 5.92 Å². The minimum Gasteiger partial charge on any atom is -0.453 e. The molecular formula is C28H28ClN9O4. The Balaban J connectivity index is 1.40. The van der Waals surface area contributed by atoms with Crippen molar-refractivity contribution < 1.29 is 19.1 Å². The number of methoxy groups -OCH3 is 1. The third-order valence-electron chi connectivity index (χ3n) is 6.82. The summed E-state index contributed by atoms with van der Waals surface area (Å²) in [7, 11) is 1.27. The summed E-state index contributed by atoms with van der Waals surface area (Å²) in [6, 6.07) is 9.87. The highest BCUT2D eigenvalue weighted by Gasteiger charge is 2.23. The van der Waals surface area contributed by atoms with E-state index < -0.39 is 12.1 Å². The van der Waals surface area contributed by atoms with Gasteiger partial charge in [-0.15, -0.1) is 5.10 Å². The molecule has 14 heteroatoms. The molecule has 5 rings (SSSR count). The predicted octanol–water partition coefficient (Wildman–Crippen LogP) is 4.51. The molecular weight excluding hydrogens is 562 g/mol. The van der Waals surface area contributed by atoms with Gasteiger partial charge in [-0.2, -0.15) is 4.68 Å². The number of imidazole rings is 1. The number of tetrazole rings is 1. The van der Waals surface area contributed by atoms with Crippen LogP contribution >= 0.6 is 11.6 Å². The van der Waals surface area contributed by atoms with E-state index in [0.29, 0.717) is 64.0 Å². The molecule has 0 spiro atoms. The molecule has 2 aromatic carbocycles. The Morgan fingerprint density at radius 1 is 1.19 bits per heavy atom. The molecule has 0 radical (unpaired) electrons. The molecule has 2 unspecified atom stereocenters. The van der Waals surface area contributed by atoms with Gasteiger partial charge in [0.2, 0.25) is 11.8 Å². The maximum absolute atomic E-state index is 13.1. The second kappa shape index (κ2) is 12.6. The fourth-order valence-corrected chi connectivity index (χ4v) is 4.78. The van der Waals surface area contributed by atoms with Crippen LogP contribution in [0, 0.1) is 5.92 Å². The maximum atomic E-state index is 13.1. The van der Waals surface area contributed by atoms with Crippen molar-refractivity contribution in [2.75, 3.05) is 17.7 Å². The van der Waals surface area contributed by atoms with Crippen LogP contribution in [0.1, 0.15) is 43.6 Å². The van der Waals surface area contributed by atoms with Crippen LogP contribution in [0.25, 0.3) is 23.0 Å². The summed E-state index contributed by atoms with van der Waals surface area (Å²) in [5, 5.41) is 20.4. The van der Waals surface area contributed by atoms with Crippen LogP contribution in [0.3, 0.4) is 0 Å². The summed E-state index contributed by atoms with van der Waals surface area (Å²) in [5.74, 6) is -0.210. The van der Waals surface area contributed by atoms with Crippen LogP contribution in [0.5, 0.6) is 0 Å². The predicted molar refractivity (Wildman–Crippen MR) is 156 cm³/mol. The van der Waals surface area contributed by atoms with E-state index in [4.69, 9.17) is 11.6 Å². The number of amides is 3. The first kappa shape index (κ1) is 28.5. The lowest BCUT2D eigenvalue weighted by molar-refractivity contribution is -0.120. The molecule has 216 valence electrons. The number of nitrogens with zero attached hydrogens (tertiary/aromatic N) is 5. The number of benzene rings is 2. The molecule has 4 N–H and O–H groups in total. The average Bonchev–Trinajstić information content (AvgIpc) is 3.68. The van der Waals surface area contributed by atoms with E-state index >= 15 is 0 Å². The van der Waals surface area contributed by atoms with Crippen molar-refractivity contribution in [3.05, 3.63) is 71.4 Å².